The summed E-state index contributed by atoms with van der Waals surface area (Å²) in [5.74, 6) is 1.64. The van der Waals surface area contributed by atoms with E-state index in [1.54, 1.807) is 0 Å². The van der Waals surface area contributed by atoms with Crippen LogP contribution in [0.1, 0.15) is 65.2 Å². The van der Waals surface area contributed by atoms with Crippen LogP contribution in [0.5, 0.6) is 0 Å². The van der Waals surface area contributed by atoms with Crippen LogP contribution in [0.25, 0.3) is 0 Å². The van der Waals surface area contributed by atoms with Crippen LogP contribution in [0, 0.1) is 5.92 Å². The predicted octanol–water partition coefficient (Wildman–Crippen LogP) is 3.11. The third-order valence-corrected chi connectivity index (χ3v) is 5.42. The monoisotopic (exact) mass is 383 g/mol. The van der Waals surface area contributed by atoms with Crippen molar-refractivity contribution < 1.29 is 14.2 Å². The van der Waals surface area contributed by atoms with Crippen molar-refractivity contribution in [1.29, 1.82) is 0 Å². The molecule has 1 aliphatic carbocycles. The van der Waals surface area contributed by atoms with Gasteiger partial charge in [-0.05, 0) is 58.3 Å². The molecule has 6 heteroatoms. The van der Waals surface area contributed by atoms with Crippen molar-refractivity contribution in [3.05, 3.63) is 0 Å². The van der Waals surface area contributed by atoms with Crippen molar-refractivity contribution in [2.45, 2.75) is 77.4 Å². The average Bonchev–Trinajstić information content (AvgIpc) is 3.37. The van der Waals surface area contributed by atoms with Crippen LogP contribution in [0.3, 0.4) is 0 Å². The van der Waals surface area contributed by atoms with Gasteiger partial charge in [-0.25, -0.2) is 0 Å². The molecule has 2 unspecified atom stereocenters. The molecule has 2 aliphatic rings. The number of nitrogens with one attached hydrogen (secondary N) is 2. The molecule has 158 valence electrons. The highest BCUT2D eigenvalue weighted by molar-refractivity contribution is 5.79. The van der Waals surface area contributed by atoms with E-state index in [0.717, 1.165) is 77.2 Å². The van der Waals surface area contributed by atoms with Gasteiger partial charge in [-0.2, -0.15) is 0 Å². The van der Waals surface area contributed by atoms with E-state index in [2.05, 4.69) is 29.5 Å². The maximum absolute atomic E-state index is 6.01. The number of hydrogen-bond acceptors (Lipinski definition) is 4. The standard InChI is InChI=1S/C21H41N3O3/c1-3-22-21(23-13-8-15-25-17-19-11-7-16-27-19)24-14-12-20(26-4-2)18-9-5-6-10-18/h18-20H,3-17H2,1-2H3,(H2,22,23,24). The van der Waals surface area contributed by atoms with Gasteiger partial charge in [0.05, 0.1) is 18.8 Å². The van der Waals surface area contributed by atoms with E-state index in [1.807, 2.05) is 0 Å². The number of ether oxygens (including phenoxy) is 3. The summed E-state index contributed by atoms with van der Waals surface area (Å²) in [6.07, 6.45) is 10.4. The van der Waals surface area contributed by atoms with Gasteiger partial charge < -0.3 is 24.8 Å². The molecule has 2 atom stereocenters. The number of guanidine groups is 1. The molecule has 1 heterocycles. The SMILES string of the molecule is CCNC(=NCCCOCC1CCCO1)NCCC(OCC)C1CCCC1. The summed E-state index contributed by atoms with van der Waals surface area (Å²) in [6.45, 7) is 9.92. The van der Waals surface area contributed by atoms with Crippen LogP contribution >= 0.6 is 0 Å². The lowest BCUT2D eigenvalue weighted by molar-refractivity contribution is 0.0168. The molecule has 0 bridgehead atoms. The molecular weight excluding hydrogens is 342 g/mol. The lowest BCUT2D eigenvalue weighted by Gasteiger charge is -2.24. The smallest absolute Gasteiger partial charge is 0.191 e. The van der Waals surface area contributed by atoms with Crippen molar-refractivity contribution in [1.82, 2.24) is 10.6 Å². The summed E-state index contributed by atoms with van der Waals surface area (Å²) in [7, 11) is 0. The summed E-state index contributed by atoms with van der Waals surface area (Å²) in [5, 5.41) is 6.80. The Balaban J connectivity index is 1.60. The minimum absolute atomic E-state index is 0.311. The second kappa shape index (κ2) is 14.2. The summed E-state index contributed by atoms with van der Waals surface area (Å²) < 4.78 is 17.3. The Morgan fingerprint density at radius 3 is 2.70 bits per heavy atom. The van der Waals surface area contributed by atoms with Crippen LogP contribution in [-0.2, 0) is 14.2 Å². The highest BCUT2D eigenvalue weighted by Gasteiger charge is 2.25. The Morgan fingerprint density at radius 2 is 2.00 bits per heavy atom. The fourth-order valence-corrected chi connectivity index (χ4v) is 4.02. The Morgan fingerprint density at radius 1 is 1.15 bits per heavy atom. The fourth-order valence-electron chi connectivity index (χ4n) is 4.02. The molecule has 0 radical (unpaired) electrons. The second-order valence-corrected chi connectivity index (χ2v) is 7.58. The molecule has 2 fully saturated rings. The van der Waals surface area contributed by atoms with Gasteiger partial charge in [0.25, 0.3) is 0 Å². The van der Waals surface area contributed by atoms with Crippen molar-refractivity contribution in [2.75, 3.05) is 46.1 Å². The van der Waals surface area contributed by atoms with E-state index in [1.165, 1.54) is 32.1 Å². The van der Waals surface area contributed by atoms with Gasteiger partial charge in [0.1, 0.15) is 0 Å². The molecule has 0 spiro atoms. The number of hydrogen-bond donors (Lipinski definition) is 2. The maximum atomic E-state index is 6.01. The minimum Gasteiger partial charge on any atom is -0.379 e. The van der Waals surface area contributed by atoms with Gasteiger partial charge in [-0.1, -0.05) is 12.8 Å². The molecule has 0 aromatic carbocycles. The van der Waals surface area contributed by atoms with E-state index in [0.29, 0.717) is 12.2 Å². The second-order valence-electron chi connectivity index (χ2n) is 7.58. The zero-order valence-electron chi connectivity index (χ0n) is 17.5. The Bertz CT molecular complexity index is 394. The molecule has 1 saturated carbocycles. The zero-order chi connectivity index (χ0) is 19.2. The molecule has 1 saturated heterocycles. The highest BCUT2D eigenvalue weighted by atomic mass is 16.5. The van der Waals surface area contributed by atoms with Gasteiger partial charge in [0.2, 0.25) is 0 Å². The van der Waals surface area contributed by atoms with Gasteiger partial charge in [-0.3, -0.25) is 4.99 Å². The molecule has 0 aromatic rings. The highest BCUT2D eigenvalue weighted by Crippen LogP contribution is 2.30. The maximum Gasteiger partial charge on any atom is 0.191 e. The Hall–Kier alpha value is -0.850. The van der Waals surface area contributed by atoms with E-state index in [4.69, 9.17) is 14.2 Å². The lowest BCUT2D eigenvalue weighted by Crippen LogP contribution is -2.39. The third kappa shape index (κ3) is 9.26. The summed E-state index contributed by atoms with van der Waals surface area (Å²) in [6, 6.07) is 0. The van der Waals surface area contributed by atoms with Crippen molar-refractivity contribution in [2.24, 2.45) is 10.9 Å². The van der Waals surface area contributed by atoms with E-state index >= 15 is 0 Å². The van der Waals surface area contributed by atoms with Gasteiger partial charge in [0.15, 0.2) is 5.96 Å². The number of nitrogens with zero attached hydrogens (tertiary/aromatic N) is 1. The van der Waals surface area contributed by atoms with Crippen LogP contribution < -0.4 is 10.6 Å². The molecule has 27 heavy (non-hydrogen) atoms. The quantitative estimate of drug-likeness (QED) is 0.291. The van der Waals surface area contributed by atoms with Crippen LogP contribution in [0.4, 0.5) is 0 Å². The summed E-state index contributed by atoms with van der Waals surface area (Å²) in [4.78, 5) is 4.67. The van der Waals surface area contributed by atoms with Gasteiger partial charge >= 0.3 is 0 Å². The number of rotatable bonds is 13. The number of aliphatic imine (C=N–C) groups is 1. The van der Waals surface area contributed by atoms with E-state index in [9.17, 15) is 0 Å². The first-order chi connectivity index (χ1) is 13.3. The van der Waals surface area contributed by atoms with Crippen LogP contribution in [0.15, 0.2) is 4.99 Å². The molecule has 1 aliphatic heterocycles. The van der Waals surface area contributed by atoms with Gasteiger partial charge in [0, 0.05) is 39.5 Å². The molecule has 2 rings (SSSR count). The first-order valence-corrected chi connectivity index (χ1v) is 11.2. The van der Waals surface area contributed by atoms with E-state index in [-0.39, 0.29) is 0 Å². The van der Waals surface area contributed by atoms with Crippen molar-refractivity contribution in [3.63, 3.8) is 0 Å². The zero-order valence-corrected chi connectivity index (χ0v) is 17.5. The molecule has 2 N–H and O–H groups in total. The lowest BCUT2D eigenvalue weighted by atomic mass is 9.98. The Kier molecular flexibility index (Phi) is 11.8. The average molecular weight is 384 g/mol. The minimum atomic E-state index is 0.311. The molecule has 0 aromatic heterocycles. The van der Waals surface area contributed by atoms with Crippen LogP contribution in [-0.4, -0.2) is 64.2 Å². The topological polar surface area (TPSA) is 64.1 Å². The van der Waals surface area contributed by atoms with Crippen molar-refractivity contribution >= 4 is 5.96 Å². The summed E-state index contributed by atoms with van der Waals surface area (Å²) in [5.41, 5.74) is 0. The fraction of sp³-hybridized carbons (Fsp3) is 0.952. The Labute approximate surface area is 165 Å². The third-order valence-electron chi connectivity index (χ3n) is 5.42. The van der Waals surface area contributed by atoms with E-state index < -0.39 is 0 Å². The predicted molar refractivity (Wildman–Crippen MR) is 110 cm³/mol. The summed E-state index contributed by atoms with van der Waals surface area (Å²) >= 11 is 0. The molecule has 6 nitrogen and oxygen atoms in total. The first kappa shape index (κ1) is 22.4. The van der Waals surface area contributed by atoms with Crippen molar-refractivity contribution in [3.8, 4) is 0 Å². The first-order valence-electron chi connectivity index (χ1n) is 11.2. The normalized spacial score (nSPS) is 22.3. The largest absolute Gasteiger partial charge is 0.379 e. The van der Waals surface area contributed by atoms with Crippen LogP contribution in [0.2, 0.25) is 0 Å². The molecule has 0 amide bonds. The van der Waals surface area contributed by atoms with Gasteiger partial charge in [-0.15, -0.1) is 0 Å². The molecular formula is C21H41N3O3.